The highest BCUT2D eigenvalue weighted by molar-refractivity contribution is 7.21. The van der Waals surface area contributed by atoms with E-state index in [1.807, 2.05) is 13.8 Å². The van der Waals surface area contributed by atoms with Gasteiger partial charge in [-0.3, -0.25) is 4.52 Å². The van der Waals surface area contributed by atoms with Crippen LogP contribution < -0.4 is 15.5 Å². The van der Waals surface area contributed by atoms with Gasteiger partial charge in [0, 0.05) is 33.5 Å². The molecule has 2 aromatic carbocycles. The van der Waals surface area contributed by atoms with E-state index in [1.54, 1.807) is 30.3 Å². The first kappa shape index (κ1) is 23.8. The zero-order chi connectivity index (χ0) is 25.6. The molecule has 5 rings (SSSR count). The first-order valence-corrected chi connectivity index (χ1v) is 12.0. The molecule has 0 aliphatic rings. The van der Waals surface area contributed by atoms with Crippen molar-refractivity contribution < 1.29 is 23.1 Å². The molecule has 0 unspecified atom stereocenters. The monoisotopic (exact) mass is 525 g/mol. The Labute approximate surface area is 213 Å². The summed E-state index contributed by atoms with van der Waals surface area (Å²) in [5.74, 6) is -2.11. The van der Waals surface area contributed by atoms with Crippen molar-refractivity contribution >= 4 is 50.6 Å². The number of rotatable bonds is 5. The van der Waals surface area contributed by atoms with Crippen molar-refractivity contribution in [2.75, 3.05) is 5.73 Å². The summed E-state index contributed by atoms with van der Waals surface area (Å²) in [6.07, 6.45) is 1.50. The maximum atomic E-state index is 14.9. The lowest BCUT2D eigenvalue weighted by atomic mass is 9.99. The largest absolute Gasteiger partial charge is 0.857 e. The number of thiophene rings is 1. The first-order valence-electron chi connectivity index (χ1n) is 10.8. The molecule has 11 heteroatoms. The molecule has 0 aliphatic carbocycles. The zero-order valence-electron chi connectivity index (χ0n) is 19.0. The van der Waals surface area contributed by atoms with E-state index in [9.17, 15) is 13.9 Å². The van der Waals surface area contributed by atoms with Crippen molar-refractivity contribution in [1.29, 1.82) is 0 Å². The van der Waals surface area contributed by atoms with E-state index in [1.165, 1.54) is 16.9 Å². The number of nitrogens with zero attached hydrogens (tertiary/aromatic N) is 4. The molecule has 0 bridgehead atoms. The summed E-state index contributed by atoms with van der Waals surface area (Å²) in [5, 5.41) is 17.8. The van der Waals surface area contributed by atoms with Gasteiger partial charge in [-0.25, -0.2) is 18.8 Å². The Morgan fingerprint density at radius 2 is 1.89 bits per heavy atom. The zero-order valence-corrected chi connectivity index (χ0v) is 20.6. The Morgan fingerprint density at radius 1 is 1.14 bits per heavy atom. The smallest absolute Gasteiger partial charge is 0.320 e. The van der Waals surface area contributed by atoms with E-state index in [-0.39, 0.29) is 28.1 Å². The van der Waals surface area contributed by atoms with Crippen LogP contribution in [0.3, 0.4) is 0 Å². The van der Waals surface area contributed by atoms with Crippen molar-refractivity contribution in [2.45, 2.75) is 19.9 Å². The van der Waals surface area contributed by atoms with Crippen LogP contribution in [0.2, 0.25) is 5.02 Å². The maximum absolute atomic E-state index is 14.9. The summed E-state index contributed by atoms with van der Waals surface area (Å²) < 4.78 is 35.2. The summed E-state index contributed by atoms with van der Waals surface area (Å²) in [4.78, 5) is 9.17. The van der Waals surface area contributed by atoms with Gasteiger partial charge >= 0.3 is 5.88 Å². The molecule has 7 nitrogen and oxygen atoms in total. The van der Waals surface area contributed by atoms with Crippen LogP contribution in [0.5, 0.6) is 0 Å². The van der Waals surface area contributed by atoms with Gasteiger partial charge in [0.25, 0.3) is 6.20 Å². The van der Waals surface area contributed by atoms with E-state index in [2.05, 4.69) is 15.2 Å². The molecule has 0 amide bonds. The number of pyridine rings is 1. The Morgan fingerprint density at radius 3 is 2.56 bits per heavy atom. The van der Waals surface area contributed by atoms with Crippen molar-refractivity contribution in [1.82, 2.24) is 10.3 Å². The van der Waals surface area contributed by atoms with E-state index in [0.717, 1.165) is 29.0 Å². The van der Waals surface area contributed by atoms with Gasteiger partial charge in [-0.15, -0.1) is 11.3 Å². The van der Waals surface area contributed by atoms with Crippen LogP contribution in [-0.2, 0) is 0 Å². The third kappa shape index (κ3) is 4.40. The highest BCUT2D eigenvalue weighted by Crippen LogP contribution is 2.42. The number of hydrogen-bond donors (Lipinski definition) is 1. The summed E-state index contributed by atoms with van der Waals surface area (Å²) in [6.45, 7) is 3.80. The fraction of sp³-hybridized carbons (Fsp3) is 0.120. The Hall–Kier alpha value is -3.89. The van der Waals surface area contributed by atoms with Crippen LogP contribution in [0, 0.1) is 11.6 Å². The molecule has 0 saturated heterocycles. The molecule has 5 aromatic rings. The number of aromatic nitrogens is 3. The number of halogens is 3. The van der Waals surface area contributed by atoms with Crippen molar-refractivity contribution in [3.8, 4) is 22.4 Å². The van der Waals surface area contributed by atoms with Gasteiger partial charge in [0.1, 0.15) is 16.5 Å². The van der Waals surface area contributed by atoms with Crippen LogP contribution in [0.25, 0.3) is 32.6 Å². The predicted molar refractivity (Wildman–Crippen MR) is 133 cm³/mol. The molecule has 0 aliphatic heterocycles. The second-order valence-corrected chi connectivity index (χ2v) is 9.68. The average Bonchev–Trinajstić information content (AvgIpc) is 3.44. The molecule has 182 valence electrons. The van der Waals surface area contributed by atoms with Gasteiger partial charge in [-0.2, -0.15) is 0 Å². The van der Waals surface area contributed by atoms with Gasteiger partial charge in [-0.1, -0.05) is 23.7 Å². The number of nitrogen functional groups attached to an aromatic ring is 1. The fourth-order valence-corrected chi connectivity index (χ4v) is 4.79. The van der Waals surface area contributed by atoms with Gasteiger partial charge in [0.05, 0.1) is 16.3 Å². The fourth-order valence-electron chi connectivity index (χ4n) is 3.66. The summed E-state index contributed by atoms with van der Waals surface area (Å²) >= 11 is 7.04. The lowest BCUT2D eigenvalue weighted by molar-refractivity contribution is -0.779. The second-order valence-electron chi connectivity index (χ2n) is 8.24. The Kier molecular flexibility index (Phi) is 6.15. The van der Waals surface area contributed by atoms with Gasteiger partial charge in [0.2, 0.25) is 5.27 Å². The summed E-state index contributed by atoms with van der Waals surface area (Å²) in [7, 11) is 0. The van der Waals surface area contributed by atoms with E-state index < -0.39 is 17.5 Å². The van der Waals surface area contributed by atoms with E-state index in [0.29, 0.717) is 26.5 Å². The molecule has 36 heavy (non-hydrogen) atoms. The summed E-state index contributed by atoms with van der Waals surface area (Å²) in [5.41, 5.74) is 8.20. The van der Waals surface area contributed by atoms with Crippen molar-refractivity contribution in [3.05, 3.63) is 76.3 Å². The third-order valence-electron chi connectivity index (χ3n) is 5.47. The minimum atomic E-state index is -0.771. The molecule has 0 atom stereocenters. The number of nitrogens with two attached hydrogens (primary N) is 1. The van der Waals surface area contributed by atoms with E-state index in [4.69, 9.17) is 21.9 Å². The molecule has 0 spiro atoms. The molecule has 3 heterocycles. The molecular weight excluding hydrogens is 508 g/mol. The topological polar surface area (TPSA) is 104 Å². The molecule has 0 fully saturated rings. The third-order valence-corrected chi connectivity index (χ3v) is 6.81. The van der Waals surface area contributed by atoms with Gasteiger partial charge in [-0.05, 0) is 54.4 Å². The highest BCUT2D eigenvalue weighted by Gasteiger charge is 2.21. The van der Waals surface area contributed by atoms with Crippen LogP contribution in [0.15, 0.2) is 64.2 Å². The normalized spacial score (nSPS) is 12.1. The number of hydrogen-bond acceptors (Lipinski definition) is 7. The number of anilines is 1. The predicted octanol–water partition coefficient (Wildman–Crippen LogP) is 5.44. The number of fused-ring (bicyclic) bond motifs is 1. The SMILES string of the molecule is CC(C)[n+]1cc(/N=C(/[O-])c2sc3nc(-c4ccc(Cl)cc4)cc(-c4ccc(F)cc4F)c3c2N)on1. The Bertz CT molecular complexity index is 1630. The van der Waals surface area contributed by atoms with Gasteiger partial charge in [0.15, 0.2) is 6.04 Å². The van der Waals surface area contributed by atoms with Crippen molar-refractivity contribution in [3.63, 3.8) is 0 Å². The van der Waals surface area contributed by atoms with Crippen LogP contribution in [-0.4, -0.2) is 16.2 Å². The molecule has 3 aromatic heterocycles. The molecule has 0 radical (unpaired) electrons. The second kappa shape index (κ2) is 9.29. The summed E-state index contributed by atoms with van der Waals surface area (Å²) in [6, 6.07) is 11.9. The van der Waals surface area contributed by atoms with Crippen LogP contribution in [0.1, 0.15) is 24.8 Å². The van der Waals surface area contributed by atoms with E-state index >= 15 is 0 Å². The molecular formula is C25H18ClF2N5O2S. The first-order chi connectivity index (χ1) is 17.2. The average molecular weight is 526 g/mol. The lowest BCUT2D eigenvalue weighted by Gasteiger charge is -2.11. The maximum Gasteiger partial charge on any atom is 0.320 e. The molecule has 0 saturated carbocycles. The number of benzene rings is 2. The number of aliphatic imine (C=N–C) groups is 1. The van der Waals surface area contributed by atoms with Crippen LogP contribution >= 0.6 is 22.9 Å². The van der Waals surface area contributed by atoms with Crippen molar-refractivity contribution in [2.24, 2.45) is 4.99 Å². The molecule has 2 N–H and O–H groups in total. The highest BCUT2D eigenvalue weighted by atomic mass is 35.5. The van der Waals surface area contributed by atoms with Gasteiger partial charge < -0.3 is 10.8 Å². The van der Waals surface area contributed by atoms with Crippen LogP contribution in [0.4, 0.5) is 20.4 Å². The lowest BCUT2D eigenvalue weighted by Crippen LogP contribution is -2.36. The standard InChI is InChI=1S/C25H18ClF2N5O2S/c1-12(2)33-11-20(35-32-33)31-24(34)23-22(29)21-17(16-8-7-15(27)9-18(16)28)10-19(30-25(21)36-23)13-3-5-14(26)6-4-13/h3-12H,1-2H3,(H2-,29,31,32,34). The minimum Gasteiger partial charge on any atom is -0.857 e. The quantitative estimate of drug-likeness (QED) is 0.187. The Balaban J connectivity index is 1.72. The minimum absolute atomic E-state index is 0.0187.